The molecule has 17 nitrogen and oxygen atoms in total. The number of anilines is 1. The molecule has 6 N–H and O–H groups in total. The molecular weight excluding hydrogens is 980 g/mol. The summed E-state index contributed by atoms with van der Waals surface area (Å²) in [5, 5.41) is 35.8. The Bertz CT molecular complexity index is 2750. The van der Waals surface area contributed by atoms with Crippen molar-refractivity contribution in [2.75, 3.05) is 32.1 Å². The third kappa shape index (κ3) is 17.5. The molecule has 6 rings (SSSR count). The maximum atomic E-state index is 14.2. The van der Waals surface area contributed by atoms with Crippen LogP contribution in [0.25, 0.3) is 0 Å². The molecule has 0 saturated heterocycles. The van der Waals surface area contributed by atoms with Gasteiger partial charge in [0.2, 0.25) is 23.6 Å². The highest BCUT2D eigenvalue weighted by molar-refractivity contribution is 6.30. The first-order valence-electron chi connectivity index (χ1n) is 24.6. The molecule has 0 bridgehead atoms. The Morgan fingerprint density at radius 1 is 0.667 bits per heavy atom. The molecule has 392 valence electrons. The van der Waals surface area contributed by atoms with Gasteiger partial charge >= 0.3 is 6.16 Å². The number of hydrogen-bond acceptors (Lipinski definition) is 12. The van der Waals surface area contributed by atoms with Crippen LogP contribution < -0.4 is 36.1 Å². The number of nitro benzene ring substituents is 1. The molecule has 18 heteroatoms. The summed E-state index contributed by atoms with van der Waals surface area (Å²) in [5.41, 5.74) is 3.88. The summed E-state index contributed by atoms with van der Waals surface area (Å²) >= 11 is 6.16. The van der Waals surface area contributed by atoms with Crippen LogP contribution >= 0.6 is 11.6 Å². The van der Waals surface area contributed by atoms with Crippen LogP contribution in [0.15, 0.2) is 158 Å². The maximum absolute atomic E-state index is 14.2. The molecule has 4 amide bonds. The smallest absolute Gasteiger partial charge is 0.497 e. The summed E-state index contributed by atoms with van der Waals surface area (Å²) in [7, 11) is 1.63. The van der Waals surface area contributed by atoms with E-state index in [0.29, 0.717) is 42.1 Å². The number of nitro groups is 1. The second-order valence-corrected chi connectivity index (χ2v) is 18.0. The number of halogens is 1. The van der Waals surface area contributed by atoms with E-state index in [-0.39, 0.29) is 69.2 Å². The molecule has 0 aliphatic heterocycles. The Labute approximate surface area is 440 Å². The van der Waals surface area contributed by atoms with E-state index >= 15 is 0 Å². The highest BCUT2D eigenvalue weighted by Gasteiger charge is 2.36. The lowest BCUT2D eigenvalue weighted by molar-refractivity contribution is -0.384. The number of carbonyl (C=O) groups is 5. The van der Waals surface area contributed by atoms with Crippen molar-refractivity contribution in [1.82, 2.24) is 21.3 Å². The average molecular weight is 1040 g/mol. The van der Waals surface area contributed by atoms with Crippen LogP contribution in [0.4, 0.5) is 16.2 Å². The Kier molecular flexibility index (Phi) is 21.7. The molecule has 6 aromatic carbocycles. The molecule has 0 aliphatic carbocycles. The number of ether oxygens (including phenoxy) is 3. The molecule has 75 heavy (non-hydrogen) atoms. The van der Waals surface area contributed by atoms with E-state index in [2.05, 4.69) is 50.8 Å². The number of carbonyl (C=O) groups excluding carboxylic acids is 5. The van der Waals surface area contributed by atoms with Gasteiger partial charge in [0.15, 0.2) is 0 Å². The first-order valence-corrected chi connectivity index (χ1v) is 24.9. The van der Waals surface area contributed by atoms with Crippen LogP contribution in [0.2, 0.25) is 5.02 Å². The van der Waals surface area contributed by atoms with Crippen LogP contribution in [-0.4, -0.2) is 78.7 Å². The van der Waals surface area contributed by atoms with Gasteiger partial charge < -0.3 is 40.6 Å². The fourth-order valence-electron chi connectivity index (χ4n) is 8.34. The number of aliphatic hydroxyl groups is 1. The van der Waals surface area contributed by atoms with Crippen molar-refractivity contribution < 1.29 is 48.2 Å². The second kappa shape index (κ2) is 28.9. The molecule has 0 spiro atoms. The van der Waals surface area contributed by atoms with Gasteiger partial charge in [0.1, 0.15) is 24.1 Å². The normalized spacial score (nSPS) is 11.8. The molecule has 0 fully saturated rings. The standard InChI is InChI=1S/C57H61ClN6O11/c1-73-49-28-20-44(21-29-49)57(42-11-4-2-5-12-42,43-13-6-3-7-14-43)60-35-9-8-15-51(55(69)62-46-24-18-41(19-25-46)39-74-56(70)75-50-30-26-48(27-31-50)64(71)72)63-54(68)38-47(37-40-16-22-45(58)23-17-40)61-53(67)33-32-52(66)59-34-10-36-65/h2-7,11-14,16-31,47,51,60,65H,8-10,15,32-39H2,1H3,(H,59,66)(H,61,67)(H,62,69)(H,63,68)/t47-,51-/m0/s1. The quantitative estimate of drug-likeness (QED) is 0.00677. The summed E-state index contributed by atoms with van der Waals surface area (Å²) in [5.74, 6) is -0.970. The Morgan fingerprint density at radius 3 is 1.88 bits per heavy atom. The van der Waals surface area contributed by atoms with Crippen LogP contribution in [0.1, 0.15) is 72.8 Å². The van der Waals surface area contributed by atoms with Crippen molar-refractivity contribution in [2.45, 2.75) is 75.6 Å². The lowest BCUT2D eigenvalue weighted by Gasteiger charge is -2.37. The molecule has 0 radical (unpaired) electrons. The topological polar surface area (TPSA) is 237 Å². The van der Waals surface area contributed by atoms with Gasteiger partial charge in [-0.25, -0.2) is 4.79 Å². The van der Waals surface area contributed by atoms with E-state index < -0.39 is 46.4 Å². The number of aliphatic hydroxyl groups excluding tert-OH is 1. The van der Waals surface area contributed by atoms with Crippen molar-refractivity contribution >= 4 is 52.8 Å². The largest absolute Gasteiger partial charge is 0.514 e. The van der Waals surface area contributed by atoms with Crippen LogP contribution in [-0.2, 0) is 42.5 Å². The first kappa shape index (κ1) is 56.2. The van der Waals surface area contributed by atoms with Gasteiger partial charge in [-0.1, -0.05) is 109 Å². The molecule has 2 atom stereocenters. The van der Waals surface area contributed by atoms with Crippen LogP contribution in [0.3, 0.4) is 0 Å². The Balaban J connectivity index is 1.16. The maximum Gasteiger partial charge on any atom is 0.514 e. The predicted octanol–water partition coefficient (Wildman–Crippen LogP) is 8.54. The van der Waals surface area contributed by atoms with Gasteiger partial charge in [0, 0.05) is 61.3 Å². The van der Waals surface area contributed by atoms with Crippen molar-refractivity contribution in [3.63, 3.8) is 0 Å². The number of rotatable bonds is 28. The van der Waals surface area contributed by atoms with Gasteiger partial charge in [-0.2, -0.15) is 0 Å². The monoisotopic (exact) mass is 1040 g/mol. The lowest BCUT2D eigenvalue weighted by atomic mass is 9.77. The van der Waals surface area contributed by atoms with Crippen molar-refractivity contribution in [3.8, 4) is 11.5 Å². The third-order valence-corrected chi connectivity index (χ3v) is 12.4. The fourth-order valence-corrected chi connectivity index (χ4v) is 8.46. The minimum absolute atomic E-state index is 0.0667. The van der Waals surface area contributed by atoms with Crippen LogP contribution in [0.5, 0.6) is 11.5 Å². The second-order valence-electron chi connectivity index (χ2n) is 17.6. The summed E-state index contributed by atoms with van der Waals surface area (Å²) in [6, 6.07) is 45.0. The zero-order valence-corrected chi connectivity index (χ0v) is 42.3. The number of unbranched alkanes of at least 4 members (excludes halogenated alkanes) is 1. The Morgan fingerprint density at radius 2 is 1.27 bits per heavy atom. The van der Waals surface area contributed by atoms with Crippen molar-refractivity contribution in [1.29, 1.82) is 0 Å². The lowest BCUT2D eigenvalue weighted by Crippen LogP contribution is -2.47. The van der Waals surface area contributed by atoms with E-state index in [9.17, 15) is 34.1 Å². The number of nitrogens with one attached hydrogen (secondary N) is 5. The molecular formula is C57H61ClN6O11. The summed E-state index contributed by atoms with van der Waals surface area (Å²) in [6.45, 7) is 0.539. The van der Waals surface area contributed by atoms with Crippen molar-refractivity contribution in [3.05, 3.63) is 201 Å². The molecule has 6 aromatic rings. The number of hydrogen-bond donors (Lipinski definition) is 6. The van der Waals surface area contributed by atoms with Gasteiger partial charge in [-0.15, -0.1) is 0 Å². The zero-order valence-electron chi connectivity index (χ0n) is 41.5. The third-order valence-electron chi connectivity index (χ3n) is 12.2. The molecule has 0 unspecified atom stereocenters. The average Bonchev–Trinajstić information content (AvgIpc) is 3.42. The zero-order chi connectivity index (χ0) is 53.4. The van der Waals surface area contributed by atoms with Gasteiger partial charge in [-0.05, 0) is 115 Å². The number of nitrogens with zero attached hydrogens (tertiary/aromatic N) is 1. The van der Waals surface area contributed by atoms with E-state index in [1.165, 1.54) is 24.3 Å². The fraction of sp³-hybridized carbons (Fsp3) is 0.281. The van der Waals surface area contributed by atoms with Crippen LogP contribution in [0, 0.1) is 10.1 Å². The predicted molar refractivity (Wildman–Crippen MR) is 284 cm³/mol. The minimum Gasteiger partial charge on any atom is -0.497 e. The van der Waals surface area contributed by atoms with E-state index in [1.807, 2.05) is 60.7 Å². The van der Waals surface area contributed by atoms with Gasteiger partial charge in [0.25, 0.3) is 5.69 Å². The first-order chi connectivity index (χ1) is 36.3. The van der Waals surface area contributed by atoms with E-state index in [1.54, 1.807) is 55.6 Å². The molecule has 0 aromatic heterocycles. The van der Waals surface area contributed by atoms with Crippen molar-refractivity contribution in [2.24, 2.45) is 0 Å². The number of amides is 4. The summed E-state index contributed by atoms with van der Waals surface area (Å²) in [4.78, 5) is 76.6. The molecule has 0 aliphatic rings. The van der Waals surface area contributed by atoms with Gasteiger partial charge in [-0.3, -0.25) is 34.6 Å². The van der Waals surface area contributed by atoms with E-state index in [4.69, 9.17) is 30.9 Å². The minimum atomic E-state index is -1.02. The van der Waals surface area contributed by atoms with Gasteiger partial charge in [0.05, 0.1) is 17.6 Å². The SMILES string of the molecule is COc1ccc(C(NCCCC[C@H](NC(=O)C[C@H](Cc2ccc(Cl)cc2)NC(=O)CCC(=O)NCCCO)C(=O)Nc2ccc(COC(=O)Oc3ccc([N+](=O)[O-])cc3)cc2)(c2ccccc2)c2ccccc2)cc1. The molecule has 0 saturated carbocycles. The Hall–Kier alpha value is -8.12. The number of benzene rings is 6. The highest BCUT2D eigenvalue weighted by Crippen LogP contribution is 2.37. The summed E-state index contributed by atoms with van der Waals surface area (Å²) in [6.07, 6.45) is 0.561. The number of non-ortho nitro benzene ring substituents is 1. The summed E-state index contributed by atoms with van der Waals surface area (Å²) < 4.78 is 15.8. The highest BCUT2D eigenvalue weighted by atomic mass is 35.5. The number of methoxy groups -OCH3 is 1. The van der Waals surface area contributed by atoms with E-state index in [0.717, 1.165) is 28.0 Å². The molecule has 0 heterocycles.